The van der Waals surface area contributed by atoms with Crippen LogP contribution in [-0.2, 0) is 9.53 Å². The Kier molecular flexibility index (Phi) is 5.14. The minimum Gasteiger partial charge on any atom is -0.464 e. The molecule has 0 aromatic heterocycles. The number of hydrogen-bond acceptors (Lipinski definition) is 4. The predicted octanol–water partition coefficient (Wildman–Crippen LogP) is 1.46. The van der Waals surface area contributed by atoms with E-state index < -0.39 is 17.8 Å². The molecule has 1 unspecified atom stereocenters. The number of hydrogen-bond donors (Lipinski definition) is 1. The summed E-state index contributed by atoms with van der Waals surface area (Å²) < 4.78 is 18.2. The fraction of sp³-hybridized carbons (Fsp3) is 0.429. The van der Waals surface area contributed by atoms with Gasteiger partial charge in [0.1, 0.15) is 11.9 Å². The first-order chi connectivity index (χ1) is 10.0. The van der Waals surface area contributed by atoms with Gasteiger partial charge in [0.25, 0.3) is 5.91 Å². The summed E-state index contributed by atoms with van der Waals surface area (Å²) in [4.78, 5) is 25.8. The molecular weight excluding hydrogens is 299 g/mol. The van der Waals surface area contributed by atoms with E-state index >= 15 is 0 Å². The highest BCUT2D eigenvalue weighted by molar-refractivity contribution is 6.31. The summed E-state index contributed by atoms with van der Waals surface area (Å²) in [6.07, 6.45) is 0. The van der Waals surface area contributed by atoms with Gasteiger partial charge in [0, 0.05) is 25.2 Å². The van der Waals surface area contributed by atoms with Gasteiger partial charge in [0.05, 0.1) is 11.6 Å². The summed E-state index contributed by atoms with van der Waals surface area (Å²) in [7, 11) is 0. The summed E-state index contributed by atoms with van der Waals surface area (Å²) in [6.45, 7) is 3.24. The van der Waals surface area contributed by atoms with Crippen molar-refractivity contribution in [3.63, 3.8) is 0 Å². The highest BCUT2D eigenvalue weighted by atomic mass is 35.5. The molecule has 1 aromatic carbocycles. The summed E-state index contributed by atoms with van der Waals surface area (Å²) in [6, 6.07) is 3.07. The maximum absolute atomic E-state index is 13.2. The van der Waals surface area contributed by atoms with Gasteiger partial charge in [0.15, 0.2) is 0 Å². The van der Waals surface area contributed by atoms with E-state index in [1.165, 1.54) is 17.0 Å². The minimum absolute atomic E-state index is 0.122. The van der Waals surface area contributed by atoms with Crippen molar-refractivity contribution in [2.24, 2.45) is 0 Å². The van der Waals surface area contributed by atoms with Gasteiger partial charge in [-0.05, 0) is 25.1 Å². The predicted molar refractivity (Wildman–Crippen MR) is 75.7 cm³/mol. The number of nitrogens with one attached hydrogen (secondary N) is 1. The summed E-state index contributed by atoms with van der Waals surface area (Å²) >= 11 is 5.70. The molecule has 1 heterocycles. The Labute approximate surface area is 127 Å². The van der Waals surface area contributed by atoms with Crippen molar-refractivity contribution in [3.8, 4) is 0 Å². The second-order valence-electron chi connectivity index (χ2n) is 4.60. The Hall–Kier alpha value is -1.66. The SMILES string of the molecule is CCOC(=O)C1CNCCN1C(=O)c1ccc(F)c(Cl)c1. The molecule has 1 aliphatic rings. The number of piperazine rings is 1. The lowest BCUT2D eigenvalue weighted by Gasteiger charge is -2.34. The third-order valence-corrected chi connectivity index (χ3v) is 3.52. The molecule has 1 N–H and O–H groups in total. The van der Waals surface area contributed by atoms with Crippen LogP contribution in [0.2, 0.25) is 5.02 Å². The third kappa shape index (κ3) is 3.51. The molecule has 1 aliphatic heterocycles. The second-order valence-corrected chi connectivity index (χ2v) is 5.01. The number of nitrogens with zero attached hydrogens (tertiary/aromatic N) is 1. The fourth-order valence-electron chi connectivity index (χ4n) is 2.19. The molecule has 0 aliphatic carbocycles. The molecule has 1 fully saturated rings. The lowest BCUT2D eigenvalue weighted by molar-refractivity contribution is -0.149. The van der Waals surface area contributed by atoms with Gasteiger partial charge < -0.3 is 15.0 Å². The van der Waals surface area contributed by atoms with Crippen LogP contribution in [0.3, 0.4) is 0 Å². The van der Waals surface area contributed by atoms with Gasteiger partial charge in [-0.1, -0.05) is 11.6 Å². The molecule has 0 bridgehead atoms. The van der Waals surface area contributed by atoms with Crippen molar-refractivity contribution in [3.05, 3.63) is 34.6 Å². The standard InChI is InChI=1S/C14H16ClFN2O3/c1-2-21-14(20)12-8-17-5-6-18(12)13(19)9-3-4-11(16)10(15)7-9/h3-4,7,12,17H,2,5-6,8H2,1H3. The highest BCUT2D eigenvalue weighted by Gasteiger charge is 2.33. The number of ether oxygens (including phenoxy) is 1. The van der Waals surface area contributed by atoms with Crippen LogP contribution in [0.5, 0.6) is 0 Å². The first kappa shape index (κ1) is 15.7. The van der Waals surface area contributed by atoms with Crippen molar-refractivity contribution >= 4 is 23.5 Å². The lowest BCUT2D eigenvalue weighted by atomic mass is 10.1. The molecule has 0 radical (unpaired) electrons. The number of carbonyl (C=O) groups is 2. The van der Waals surface area contributed by atoms with E-state index in [4.69, 9.17) is 16.3 Å². The largest absolute Gasteiger partial charge is 0.464 e. The van der Waals surface area contributed by atoms with Gasteiger partial charge in [-0.25, -0.2) is 9.18 Å². The van der Waals surface area contributed by atoms with Crippen molar-refractivity contribution in [1.29, 1.82) is 0 Å². The first-order valence-corrected chi connectivity index (χ1v) is 7.05. The second kappa shape index (κ2) is 6.87. The van der Waals surface area contributed by atoms with Crippen molar-refractivity contribution in [1.82, 2.24) is 10.2 Å². The van der Waals surface area contributed by atoms with Crippen LogP contribution in [0.4, 0.5) is 4.39 Å². The van der Waals surface area contributed by atoms with Gasteiger partial charge in [-0.3, -0.25) is 4.79 Å². The number of benzene rings is 1. The smallest absolute Gasteiger partial charge is 0.330 e. The number of esters is 1. The molecule has 1 aromatic rings. The maximum atomic E-state index is 13.2. The molecule has 0 spiro atoms. The van der Waals surface area contributed by atoms with Gasteiger partial charge >= 0.3 is 5.97 Å². The van der Waals surface area contributed by atoms with Gasteiger partial charge in [-0.15, -0.1) is 0 Å². The van der Waals surface area contributed by atoms with Crippen LogP contribution in [0.15, 0.2) is 18.2 Å². The number of rotatable bonds is 3. The van der Waals surface area contributed by atoms with Gasteiger partial charge in [0.2, 0.25) is 0 Å². The molecule has 7 heteroatoms. The molecule has 0 saturated carbocycles. The van der Waals surface area contributed by atoms with Crippen LogP contribution in [0.25, 0.3) is 0 Å². The van der Waals surface area contributed by atoms with E-state index in [9.17, 15) is 14.0 Å². The van der Waals surface area contributed by atoms with Crippen molar-refractivity contribution < 1.29 is 18.7 Å². The third-order valence-electron chi connectivity index (χ3n) is 3.23. The Morgan fingerprint density at radius 1 is 1.52 bits per heavy atom. The summed E-state index contributed by atoms with van der Waals surface area (Å²) in [5.41, 5.74) is 0.248. The lowest BCUT2D eigenvalue weighted by Crippen LogP contribution is -2.57. The first-order valence-electron chi connectivity index (χ1n) is 6.68. The van der Waals surface area contributed by atoms with Crippen LogP contribution < -0.4 is 5.32 Å². The zero-order valence-electron chi connectivity index (χ0n) is 11.6. The number of halogens is 2. The fourth-order valence-corrected chi connectivity index (χ4v) is 2.37. The molecule has 5 nitrogen and oxygen atoms in total. The van der Waals surface area contributed by atoms with Crippen LogP contribution in [0, 0.1) is 5.82 Å². The summed E-state index contributed by atoms with van der Waals surface area (Å²) in [5.74, 6) is -1.40. The van der Waals surface area contributed by atoms with Crippen molar-refractivity contribution in [2.75, 3.05) is 26.2 Å². The van der Waals surface area contributed by atoms with Crippen LogP contribution in [0.1, 0.15) is 17.3 Å². The molecule has 1 atom stereocenters. The Bertz CT molecular complexity index is 553. The molecule has 114 valence electrons. The summed E-state index contributed by atoms with van der Waals surface area (Å²) in [5, 5.41) is 2.93. The minimum atomic E-state index is -0.685. The van der Waals surface area contributed by atoms with E-state index in [2.05, 4.69) is 5.32 Å². The Balaban J connectivity index is 2.21. The van der Waals surface area contributed by atoms with E-state index in [1.54, 1.807) is 6.92 Å². The maximum Gasteiger partial charge on any atom is 0.330 e. The average molecular weight is 315 g/mol. The molecule has 2 rings (SSSR count). The van der Waals surface area contributed by atoms with E-state index in [0.29, 0.717) is 19.6 Å². The zero-order valence-corrected chi connectivity index (χ0v) is 12.3. The molecule has 1 saturated heterocycles. The van der Waals surface area contributed by atoms with Crippen LogP contribution >= 0.6 is 11.6 Å². The van der Waals surface area contributed by atoms with E-state index in [-0.39, 0.29) is 23.1 Å². The van der Waals surface area contributed by atoms with Gasteiger partial charge in [-0.2, -0.15) is 0 Å². The molecule has 1 amide bonds. The van der Waals surface area contributed by atoms with Crippen LogP contribution in [-0.4, -0.2) is 49.1 Å². The normalized spacial score (nSPS) is 18.4. The quantitative estimate of drug-likeness (QED) is 0.858. The Morgan fingerprint density at radius 3 is 2.95 bits per heavy atom. The topological polar surface area (TPSA) is 58.6 Å². The number of carbonyl (C=O) groups excluding carboxylic acids is 2. The molecule has 21 heavy (non-hydrogen) atoms. The average Bonchev–Trinajstić information content (AvgIpc) is 2.49. The monoisotopic (exact) mass is 314 g/mol. The number of amides is 1. The molecular formula is C14H16ClFN2O3. The van der Waals surface area contributed by atoms with E-state index in [1.807, 2.05) is 0 Å². The van der Waals surface area contributed by atoms with Crippen molar-refractivity contribution in [2.45, 2.75) is 13.0 Å². The highest BCUT2D eigenvalue weighted by Crippen LogP contribution is 2.19. The zero-order chi connectivity index (χ0) is 15.4. The van der Waals surface area contributed by atoms with E-state index in [0.717, 1.165) is 6.07 Å². The Morgan fingerprint density at radius 2 is 2.29 bits per heavy atom.